The second-order valence-corrected chi connectivity index (χ2v) is 3.14. The fraction of sp³-hybridized carbons (Fsp3) is 0. The Morgan fingerprint density at radius 3 is 2.40 bits per heavy atom. The Kier molecular flexibility index (Phi) is 2.46. The van der Waals surface area contributed by atoms with E-state index in [1.54, 1.807) is 6.07 Å². The van der Waals surface area contributed by atoms with E-state index in [1.807, 2.05) is 30.3 Å². The molecule has 0 bridgehead atoms. The summed E-state index contributed by atoms with van der Waals surface area (Å²) in [6.07, 6.45) is 0. The van der Waals surface area contributed by atoms with Crippen molar-refractivity contribution in [2.75, 3.05) is 5.73 Å². The van der Waals surface area contributed by atoms with Crippen molar-refractivity contribution in [1.82, 2.24) is 0 Å². The Morgan fingerprint density at radius 2 is 1.73 bits per heavy atom. The molecule has 3 N–H and O–H groups in total. The lowest BCUT2D eigenvalue weighted by Gasteiger charge is -2.08. The summed E-state index contributed by atoms with van der Waals surface area (Å²) in [5.74, 6) is 1.39. The number of phenols is 1. The van der Waals surface area contributed by atoms with Crippen molar-refractivity contribution in [3.8, 4) is 17.2 Å². The summed E-state index contributed by atoms with van der Waals surface area (Å²) in [7, 11) is 0. The molecular weight excluding hydrogens is 190 g/mol. The SMILES string of the molecule is Nc1cc(O)ccc1Oc1ccccc1. The van der Waals surface area contributed by atoms with E-state index < -0.39 is 0 Å². The van der Waals surface area contributed by atoms with Gasteiger partial charge in [-0.1, -0.05) is 18.2 Å². The van der Waals surface area contributed by atoms with Gasteiger partial charge in [0.05, 0.1) is 5.69 Å². The lowest BCUT2D eigenvalue weighted by molar-refractivity contribution is 0.466. The van der Waals surface area contributed by atoms with E-state index in [4.69, 9.17) is 15.6 Å². The van der Waals surface area contributed by atoms with Crippen LogP contribution in [0.4, 0.5) is 5.69 Å². The molecule has 0 saturated heterocycles. The summed E-state index contributed by atoms with van der Waals surface area (Å²) in [5, 5.41) is 9.17. The number of phenolic OH excluding ortho intramolecular Hbond substituents is 1. The van der Waals surface area contributed by atoms with Crippen molar-refractivity contribution in [2.24, 2.45) is 0 Å². The minimum atomic E-state index is 0.132. The molecule has 3 nitrogen and oxygen atoms in total. The van der Waals surface area contributed by atoms with E-state index in [1.165, 1.54) is 12.1 Å². The molecule has 0 saturated carbocycles. The number of rotatable bonds is 2. The van der Waals surface area contributed by atoms with Gasteiger partial charge in [-0.15, -0.1) is 0 Å². The van der Waals surface area contributed by atoms with Gasteiger partial charge in [-0.2, -0.15) is 0 Å². The van der Waals surface area contributed by atoms with Gasteiger partial charge in [-0.3, -0.25) is 0 Å². The Hall–Kier alpha value is -2.16. The minimum Gasteiger partial charge on any atom is -0.508 e. The van der Waals surface area contributed by atoms with E-state index in [0.29, 0.717) is 11.4 Å². The van der Waals surface area contributed by atoms with Gasteiger partial charge >= 0.3 is 0 Å². The molecule has 0 aliphatic rings. The van der Waals surface area contributed by atoms with E-state index in [-0.39, 0.29) is 5.75 Å². The van der Waals surface area contributed by atoms with E-state index in [0.717, 1.165) is 5.75 Å². The molecule has 3 heteroatoms. The first kappa shape index (κ1) is 9.40. The first-order valence-electron chi connectivity index (χ1n) is 4.57. The summed E-state index contributed by atoms with van der Waals surface area (Å²) < 4.78 is 5.53. The van der Waals surface area contributed by atoms with E-state index in [9.17, 15) is 0 Å². The summed E-state index contributed by atoms with van der Waals surface area (Å²) in [6, 6.07) is 14.0. The van der Waals surface area contributed by atoms with E-state index >= 15 is 0 Å². The molecule has 0 fully saturated rings. The average molecular weight is 201 g/mol. The fourth-order valence-corrected chi connectivity index (χ4v) is 1.24. The summed E-state index contributed by atoms with van der Waals surface area (Å²) >= 11 is 0. The molecular formula is C12H11NO2. The maximum Gasteiger partial charge on any atom is 0.150 e. The molecule has 0 aromatic heterocycles. The van der Waals surface area contributed by atoms with Crippen LogP contribution in [0, 0.1) is 0 Å². The molecule has 0 amide bonds. The highest BCUT2D eigenvalue weighted by Gasteiger charge is 2.02. The Labute approximate surface area is 87.7 Å². The number of hydrogen-bond acceptors (Lipinski definition) is 3. The van der Waals surface area contributed by atoms with Gasteiger partial charge in [0.15, 0.2) is 5.75 Å². The lowest BCUT2D eigenvalue weighted by atomic mass is 10.3. The van der Waals surface area contributed by atoms with Crippen LogP contribution in [-0.2, 0) is 0 Å². The van der Waals surface area contributed by atoms with Crippen LogP contribution in [0.3, 0.4) is 0 Å². The van der Waals surface area contributed by atoms with Crippen LogP contribution >= 0.6 is 0 Å². The monoisotopic (exact) mass is 201 g/mol. The number of aromatic hydroxyl groups is 1. The number of ether oxygens (including phenoxy) is 1. The third-order valence-electron chi connectivity index (χ3n) is 1.96. The standard InChI is InChI=1S/C12H11NO2/c13-11-8-9(14)6-7-12(11)15-10-4-2-1-3-5-10/h1-8,14H,13H2. The molecule has 0 unspecified atom stereocenters. The number of para-hydroxylation sites is 1. The molecule has 2 rings (SSSR count). The zero-order chi connectivity index (χ0) is 10.7. The molecule has 2 aromatic rings. The fourth-order valence-electron chi connectivity index (χ4n) is 1.24. The van der Waals surface area contributed by atoms with Gasteiger partial charge in [-0.25, -0.2) is 0 Å². The number of anilines is 1. The number of nitrogens with two attached hydrogens (primary N) is 1. The van der Waals surface area contributed by atoms with Crippen LogP contribution < -0.4 is 10.5 Å². The van der Waals surface area contributed by atoms with Crippen LogP contribution in [0.5, 0.6) is 17.2 Å². The highest BCUT2D eigenvalue weighted by molar-refractivity contribution is 5.57. The molecule has 0 heterocycles. The molecule has 0 spiro atoms. The highest BCUT2D eigenvalue weighted by atomic mass is 16.5. The van der Waals surface area contributed by atoms with Crippen molar-refractivity contribution in [3.05, 3.63) is 48.5 Å². The largest absolute Gasteiger partial charge is 0.508 e. The van der Waals surface area contributed by atoms with Crippen molar-refractivity contribution in [3.63, 3.8) is 0 Å². The van der Waals surface area contributed by atoms with Crippen molar-refractivity contribution in [1.29, 1.82) is 0 Å². The number of hydrogen-bond donors (Lipinski definition) is 2. The Balaban J connectivity index is 2.25. The topological polar surface area (TPSA) is 55.5 Å². The maximum absolute atomic E-state index is 9.17. The van der Waals surface area contributed by atoms with Crippen molar-refractivity contribution in [2.45, 2.75) is 0 Å². The van der Waals surface area contributed by atoms with Gasteiger partial charge < -0.3 is 15.6 Å². The van der Waals surface area contributed by atoms with Crippen LogP contribution in [0.25, 0.3) is 0 Å². The predicted octanol–water partition coefficient (Wildman–Crippen LogP) is 2.77. The lowest BCUT2D eigenvalue weighted by Crippen LogP contribution is -1.91. The first-order valence-corrected chi connectivity index (χ1v) is 4.57. The first-order chi connectivity index (χ1) is 7.25. The Morgan fingerprint density at radius 1 is 1.00 bits per heavy atom. The predicted molar refractivity (Wildman–Crippen MR) is 59.0 cm³/mol. The summed E-state index contributed by atoms with van der Waals surface area (Å²) in [6.45, 7) is 0. The molecule has 0 atom stereocenters. The quantitative estimate of drug-likeness (QED) is 0.734. The second-order valence-electron chi connectivity index (χ2n) is 3.14. The summed E-state index contributed by atoms with van der Waals surface area (Å²) in [4.78, 5) is 0. The zero-order valence-electron chi connectivity index (χ0n) is 8.05. The van der Waals surface area contributed by atoms with Crippen molar-refractivity contribution < 1.29 is 9.84 Å². The minimum absolute atomic E-state index is 0.132. The third kappa shape index (κ3) is 2.20. The van der Waals surface area contributed by atoms with Gasteiger partial charge in [0.1, 0.15) is 11.5 Å². The van der Waals surface area contributed by atoms with Gasteiger partial charge in [0, 0.05) is 6.07 Å². The molecule has 0 radical (unpaired) electrons. The Bertz CT molecular complexity index is 454. The van der Waals surface area contributed by atoms with Crippen LogP contribution in [-0.4, -0.2) is 5.11 Å². The second kappa shape index (κ2) is 3.92. The van der Waals surface area contributed by atoms with Crippen LogP contribution in [0.1, 0.15) is 0 Å². The molecule has 0 aliphatic carbocycles. The maximum atomic E-state index is 9.17. The van der Waals surface area contributed by atoms with Gasteiger partial charge in [-0.05, 0) is 24.3 Å². The normalized spacial score (nSPS) is 9.87. The highest BCUT2D eigenvalue weighted by Crippen LogP contribution is 2.29. The zero-order valence-corrected chi connectivity index (χ0v) is 8.05. The average Bonchev–Trinajstić information content (AvgIpc) is 2.24. The molecule has 0 aliphatic heterocycles. The van der Waals surface area contributed by atoms with E-state index in [2.05, 4.69) is 0 Å². The third-order valence-corrected chi connectivity index (χ3v) is 1.96. The van der Waals surface area contributed by atoms with Crippen molar-refractivity contribution >= 4 is 5.69 Å². The number of benzene rings is 2. The van der Waals surface area contributed by atoms with Gasteiger partial charge in [0.2, 0.25) is 0 Å². The van der Waals surface area contributed by atoms with Crippen LogP contribution in [0.15, 0.2) is 48.5 Å². The smallest absolute Gasteiger partial charge is 0.150 e. The molecule has 2 aromatic carbocycles. The van der Waals surface area contributed by atoms with Gasteiger partial charge in [0.25, 0.3) is 0 Å². The molecule has 76 valence electrons. The summed E-state index contributed by atoms with van der Waals surface area (Å²) in [5.41, 5.74) is 6.10. The van der Waals surface area contributed by atoms with Crippen LogP contribution in [0.2, 0.25) is 0 Å². The molecule has 15 heavy (non-hydrogen) atoms. The number of nitrogen functional groups attached to an aromatic ring is 1.